The average Bonchev–Trinajstić information content (AvgIpc) is 2.52. The van der Waals surface area contributed by atoms with E-state index in [0.29, 0.717) is 18.8 Å². The van der Waals surface area contributed by atoms with Gasteiger partial charge >= 0.3 is 0 Å². The molecule has 1 saturated carbocycles. The first-order chi connectivity index (χ1) is 12.3. The van der Waals surface area contributed by atoms with Crippen molar-refractivity contribution in [3.63, 3.8) is 0 Å². The Morgan fingerprint density at radius 1 is 1.15 bits per heavy atom. The number of hydrogen-bond acceptors (Lipinski definition) is 4. The van der Waals surface area contributed by atoms with Gasteiger partial charge in [0.1, 0.15) is 5.69 Å². The summed E-state index contributed by atoms with van der Waals surface area (Å²) in [4.78, 5) is 4.41. The van der Waals surface area contributed by atoms with Crippen molar-refractivity contribution < 1.29 is 14.2 Å². The van der Waals surface area contributed by atoms with Gasteiger partial charge in [-0.3, -0.25) is 0 Å². The van der Waals surface area contributed by atoms with E-state index in [2.05, 4.69) is 43.7 Å². The molecule has 1 aliphatic carbocycles. The van der Waals surface area contributed by atoms with Gasteiger partial charge in [-0.25, -0.2) is 4.98 Å². The molecule has 0 aromatic carbocycles. The third-order valence-corrected chi connectivity index (χ3v) is 4.04. The van der Waals surface area contributed by atoms with Crippen LogP contribution in [-0.2, 0) is 20.6 Å². The van der Waals surface area contributed by atoms with E-state index in [1.807, 2.05) is 26.1 Å². The molecular formula is C22H33NO3. The van der Waals surface area contributed by atoms with Crippen molar-refractivity contribution >= 4 is 0 Å². The number of rotatable bonds is 8. The zero-order valence-electron chi connectivity index (χ0n) is 16.9. The third-order valence-electron chi connectivity index (χ3n) is 4.04. The zero-order valence-corrected chi connectivity index (χ0v) is 16.9. The lowest BCUT2D eigenvalue weighted by Gasteiger charge is -2.39. The maximum Gasteiger partial charge on any atom is 0.113 e. The predicted octanol–water partition coefficient (Wildman–Crippen LogP) is 4.15. The maximum absolute atomic E-state index is 5.93. The second-order valence-corrected chi connectivity index (χ2v) is 8.09. The van der Waals surface area contributed by atoms with Gasteiger partial charge in [0.25, 0.3) is 0 Å². The van der Waals surface area contributed by atoms with Gasteiger partial charge in [-0.15, -0.1) is 0 Å². The second-order valence-electron chi connectivity index (χ2n) is 8.09. The summed E-state index contributed by atoms with van der Waals surface area (Å²) in [6.07, 6.45) is 6.47. The summed E-state index contributed by atoms with van der Waals surface area (Å²) in [5.41, 5.74) is 1.92. The van der Waals surface area contributed by atoms with Crippen LogP contribution in [0.3, 0.4) is 0 Å². The minimum Gasteiger partial charge on any atom is -0.378 e. The minimum atomic E-state index is -0.0621. The Balaban J connectivity index is 1.60. The minimum absolute atomic E-state index is 0.0621. The first kappa shape index (κ1) is 20.9. The van der Waals surface area contributed by atoms with E-state index in [1.165, 1.54) is 5.56 Å². The van der Waals surface area contributed by atoms with Crippen LogP contribution in [0.4, 0.5) is 0 Å². The fourth-order valence-electron chi connectivity index (χ4n) is 2.74. The van der Waals surface area contributed by atoms with Crippen LogP contribution in [0, 0.1) is 11.8 Å². The zero-order chi connectivity index (χ0) is 19.0. The first-order valence-electron chi connectivity index (χ1n) is 9.66. The highest BCUT2D eigenvalue weighted by atomic mass is 16.5. The van der Waals surface area contributed by atoms with Crippen LogP contribution >= 0.6 is 0 Å². The number of hydrogen-bond donors (Lipinski definition) is 0. The standard InChI is InChI=1S/C22H33NO3/c1-17(2)24-12-7-6-8-19-10-9-18(16-23-19)11-13-25-20-14-21(15-20)26-22(3,4)5/h9-10,16-17,20-21H,7,11-15H2,1-5H3. The molecule has 0 unspecified atom stereocenters. The Labute approximate surface area is 158 Å². The molecule has 0 atom stereocenters. The molecule has 0 saturated heterocycles. The monoisotopic (exact) mass is 359 g/mol. The number of aromatic nitrogens is 1. The third kappa shape index (κ3) is 8.31. The molecule has 1 aromatic rings. The number of ether oxygens (including phenoxy) is 3. The van der Waals surface area contributed by atoms with Gasteiger partial charge in [0.05, 0.1) is 37.1 Å². The van der Waals surface area contributed by atoms with Crippen LogP contribution in [-0.4, -0.2) is 42.1 Å². The molecule has 1 fully saturated rings. The molecule has 144 valence electrons. The summed E-state index contributed by atoms with van der Waals surface area (Å²) in [5, 5.41) is 0. The summed E-state index contributed by atoms with van der Waals surface area (Å²) in [6, 6.07) is 4.06. The van der Waals surface area contributed by atoms with Gasteiger partial charge in [-0.05, 0) is 71.4 Å². The Bertz CT molecular complexity index is 587. The molecule has 0 aliphatic heterocycles. The van der Waals surface area contributed by atoms with Crippen molar-refractivity contribution in [1.29, 1.82) is 0 Å². The SMILES string of the molecule is CC(C)OCCC#Cc1ccc(CCOC2CC(OC(C)(C)C)C2)cn1. The van der Waals surface area contributed by atoms with Crippen molar-refractivity contribution in [3.05, 3.63) is 29.6 Å². The Kier molecular flexibility index (Phi) is 8.09. The number of nitrogens with zero attached hydrogens (tertiary/aromatic N) is 1. The molecule has 4 heteroatoms. The molecular weight excluding hydrogens is 326 g/mol. The lowest BCUT2D eigenvalue weighted by Crippen LogP contribution is -2.42. The summed E-state index contributed by atoms with van der Waals surface area (Å²) < 4.78 is 17.3. The van der Waals surface area contributed by atoms with E-state index < -0.39 is 0 Å². The van der Waals surface area contributed by atoms with Crippen molar-refractivity contribution in [1.82, 2.24) is 4.98 Å². The lowest BCUT2D eigenvalue weighted by molar-refractivity contribution is -0.148. The molecule has 0 bridgehead atoms. The van der Waals surface area contributed by atoms with Crippen LogP contribution in [0.25, 0.3) is 0 Å². The molecule has 0 N–H and O–H groups in total. The largest absolute Gasteiger partial charge is 0.378 e. The molecule has 2 rings (SSSR count). The van der Waals surface area contributed by atoms with Crippen LogP contribution in [0.5, 0.6) is 0 Å². The van der Waals surface area contributed by atoms with Crippen LogP contribution < -0.4 is 0 Å². The van der Waals surface area contributed by atoms with Gasteiger partial charge in [0.2, 0.25) is 0 Å². The van der Waals surface area contributed by atoms with Crippen molar-refractivity contribution in [2.45, 2.75) is 84.2 Å². The average molecular weight is 360 g/mol. The van der Waals surface area contributed by atoms with Crippen LogP contribution in [0.1, 0.15) is 65.1 Å². The van der Waals surface area contributed by atoms with Gasteiger partial charge < -0.3 is 14.2 Å². The molecule has 0 radical (unpaired) electrons. The molecule has 0 amide bonds. The van der Waals surface area contributed by atoms with E-state index in [4.69, 9.17) is 14.2 Å². The van der Waals surface area contributed by atoms with E-state index in [9.17, 15) is 0 Å². The molecule has 1 aromatic heterocycles. The van der Waals surface area contributed by atoms with Crippen LogP contribution in [0.15, 0.2) is 18.3 Å². The predicted molar refractivity (Wildman–Crippen MR) is 104 cm³/mol. The normalized spacial score (nSPS) is 19.8. The molecule has 1 heterocycles. The summed E-state index contributed by atoms with van der Waals surface area (Å²) in [7, 11) is 0. The maximum atomic E-state index is 5.93. The van der Waals surface area contributed by atoms with Gasteiger partial charge in [0.15, 0.2) is 0 Å². The summed E-state index contributed by atoms with van der Waals surface area (Å²) in [5.74, 6) is 6.17. The topological polar surface area (TPSA) is 40.6 Å². The molecule has 4 nitrogen and oxygen atoms in total. The lowest BCUT2D eigenvalue weighted by atomic mass is 9.91. The fraction of sp³-hybridized carbons (Fsp3) is 0.682. The Morgan fingerprint density at radius 2 is 1.92 bits per heavy atom. The van der Waals surface area contributed by atoms with E-state index in [-0.39, 0.29) is 11.7 Å². The van der Waals surface area contributed by atoms with Gasteiger partial charge in [0, 0.05) is 12.6 Å². The second kappa shape index (κ2) is 10.1. The van der Waals surface area contributed by atoms with Crippen LogP contribution in [0.2, 0.25) is 0 Å². The number of pyridine rings is 1. The highest BCUT2D eigenvalue weighted by Crippen LogP contribution is 2.29. The highest BCUT2D eigenvalue weighted by Gasteiger charge is 2.33. The van der Waals surface area contributed by atoms with Crippen molar-refractivity contribution in [3.8, 4) is 11.8 Å². The quantitative estimate of drug-likeness (QED) is 0.516. The van der Waals surface area contributed by atoms with E-state index in [0.717, 1.165) is 38.0 Å². The first-order valence-corrected chi connectivity index (χ1v) is 9.66. The summed E-state index contributed by atoms with van der Waals surface area (Å²) in [6.45, 7) is 11.8. The Hall–Kier alpha value is -1.41. The summed E-state index contributed by atoms with van der Waals surface area (Å²) >= 11 is 0. The van der Waals surface area contributed by atoms with Crippen molar-refractivity contribution in [2.24, 2.45) is 0 Å². The van der Waals surface area contributed by atoms with Gasteiger partial charge in [-0.1, -0.05) is 12.0 Å². The Morgan fingerprint density at radius 3 is 2.54 bits per heavy atom. The van der Waals surface area contributed by atoms with Gasteiger partial charge in [-0.2, -0.15) is 0 Å². The molecule has 0 spiro atoms. The molecule has 26 heavy (non-hydrogen) atoms. The van der Waals surface area contributed by atoms with E-state index >= 15 is 0 Å². The molecule has 1 aliphatic rings. The van der Waals surface area contributed by atoms with E-state index in [1.54, 1.807) is 0 Å². The smallest absolute Gasteiger partial charge is 0.113 e. The fourth-order valence-corrected chi connectivity index (χ4v) is 2.74. The highest BCUT2D eigenvalue weighted by molar-refractivity contribution is 5.29. The van der Waals surface area contributed by atoms with Crippen molar-refractivity contribution in [2.75, 3.05) is 13.2 Å².